The number of esters is 2. The number of hydrogen-bond acceptors (Lipinski definition) is 5. The fourth-order valence-corrected chi connectivity index (χ4v) is 2.78. The van der Waals surface area contributed by atoms with E-state index in [1.165, 1.54) is 0 Å². The summed E-state index contributed by atoms with van der Waals surface area (Å²) in [5, 5.41) is 1.67. The molecular formula is C12H15BrO4S. The molecule has 0 spiro atoms. The van der Waals surface area contributed by atoms with E-state index >= 15 is 0 Å². The first-order chi connectivity index (χ1) is 8.26. The van der Waals surface area contributed by atoms with Gasteiger partial charge >= 0.3 is 11.9 Å². The summed E-state index contributed by atoms with van der Waals surface area (Å²) >= 11 is 4.40. The summed E-state index contributed by atoms with van der Waals surface area (Å²) < 4.78 is 10.7. The van der Waals surface area contributed by atoms with Gasteiger partial charge in [0, 0.05) is 9.85 Å². The molecule has 0 unspecified atom stereocenters. The molecule has 1 aromatic rings. The third kappa shape index (κ3) is 3.81. The fraction of sp³-hybridized carbons (Fsp3) is 0.500. The van der Waals surface area contributed by atoms with E-state index < -0.39 is 17.5 Å². The molecule has 6 heteroatoms. The van der Waals surface area contributed by atoms with E-state index in [0.717, 1.165) is 11.3 Å². The first-order valence-electron chi connectivity index (χ1n) is 5.43. The zero-order chi connectivity index (χ0) is 13.9. The van der Waals surface area contributed by atoms with Crippen molar-refractivity contribution in [3.63, 3.8) is 0 Å². The molecule has 0 aliphatic carbocycles. The summed E-state index contributed by atoms with van der Waals surface area (Å²) in [6.07, 6.45) is 0. The molecule has 0 fully saturated rings. The third-order valence-corrected chi connectivity index (χ3v) is 3.70. The second kappa shape index (κ2) is 5.84. The summed E-state index contributed by atoms with van der Waals surface area (Å²) in [6.45, 7) is 7.30. The van der Waals surface area contributed by atoms with E-state index in [-0.39, 0.29) is 17.0 Å². The highest BCUT2D eigenvalue weighted by Crippen LogP contribution is 2.30. The van der Waals surface area contributed by atoms with E-state index in [4.69, 9.17) is 9.47 Å². The number of thiophene rings is 1. The van der Waals surface area contributed by atoms with Crippen molar-refractivity contribution < 1.29 is 19.1 Å². The van der Waals surface area contributed by atoms with Crippen LogP contribution in [0.1, 0.15) is 47.7 Å². The molecule has 0 amide bonds. The first kappa shape index (κ1) is 15.2. The highest BCUT2D eigenvalue weighted by Gasteiger charge is 2.27. The Labute approximate surface area is 118 Å². The average molecular weight is 335 g/mol. The highest BCUT2D eigenvalue weighted by atomic mass is 79.9. The van der Waals surface area contributed by atoms with Gasteiger partial charge in [-0.1, -0.05) is 0 Å². The van der Waals surface area contributed by atoms with Crippen molar-refractivity contribution in [3.05, 3.63) is 20.3 Å². The van der Waals surface area contributed by atoms with E-state index in [1.54, 1.807) is 33.1 Å². The summed E-state index contributed by atoms with van der Waals surface area (Å²) in [6, 6.07) is 0. The monoisotopic (exact) mass is 334 g/mol. The SMILES string of the molecule is CCOC(=O)c1scc(Br)c1C(=O)OC(C)(C)C. The van der Waals surface area contributed by atoms with Gasteiger partial charge in [0.25, 0.3) is 0 Å². The van der Waals surface area contributed by atoms with Gasteiger partial charge in [0.15, 0.2) is 0 Å². The van der Waals surface area contributed by atoms with Crippen molar-refractivity contribution in [1.29, 1.82) is 0 Å². The number of hydrogen-bond donors (Lipinski definition) is 0. The van der Waals surface area contributed by atoms with Crippen LogP contribution in [0.15, 0.2) is 9.85 Å². The Morgan fingerprint density at radius 1 is 1.33 bits per heavy atom. The van der Waals surface area contributed by atoms with E-state index in [2.05, 4.69) is 15.9 Å². The summed E-state index contributed by atoms with van der Waals surface area (Å²) in [5.74, 6) is -1.03. The molecule has 0 saturated carbocycles. The molecule has 1 aromatic heterocycles. The maximum absolute atomic E-state index is 12.0. The second-order valence-corrected chi connectivity index (χ2v) is 6.24. The van der Waals surface area contributed by atoms with Gasteiger partial charge in [-0.2, -0.15) is 0 Å². The Bertz CT molecular complexity index is 459. The van der Waals surface area contributed by atoms with Crippen LogP contribution in [0.25, 0.3) is 0 Å². The standard InChI is InChI=1S/C12H15BrO4S/c1-5-16-11(15)9-8(7(13)6-18-9)10(14)17-12(2,3)4/h6H,5H2,1-4H3. The Morgan fingerprint density at radius 3 is 2.44 bits per heavy atom. The fourth-order valence-electron chi connectivity index (χ4n) is 1.20. The van der Waals surface area contributed by atoms with Crippen molar-refractivity contribution >= 4 is 39.2 Å². The predicted octanol–water partition coefficient (Wildman–Crippen LogP) is 3.64. The van der Waals surface area contributed by atoms with Crippen LogP contribution < -0.4 is 0 Å². The lowest BCUT2D eigenvalue weighted by Crippen LogP contribution is -2.25. The molecule has 0 radical (unpaired) electrons. The van der Waals surface area contributed by atoms with Crippen molar-refractivity contribution in [1.82, 2.24) is 0 Å². The molecule has 0 aliphatic rings. The molecule has 18 heavy (non-hydrogen) atoms. The van der Waals surface area contributed by atoms with Gasteiger partial charge in [-0.05, 0) is 43.6 Å². The molecule has 0 aliphatic heterocycles. The molecule has 0 saturated heterocycles. The van der Waals surface area contributed by atoms with Gasteiger partial charge in [0.2, 0.25) is 0 Å². The first-order valence-corrected chi connectivity index (χ1v) is 7.11. The lowest BCUT2D eigenvalue weighted by atomic mass is 10.2. The van der Waals surface area contributed by atoms with Crippen LogP contribution in [-0.4, -0.2) is 24.1 Å². The Kier molecular flexibility index (Phi) is 4.92. The highest BCUT2D eigenvalue weighted by molar-refractivity contribution is 9.10. The summed E-state index contributed by atoms with van der Waals surface area (Å²) in [7, 11) is 0. The molecular weight excluding hydrogens is 320 g/mol. The summed E-state index contributed by atoms with van der Waals surface area (Å²) in [4.78, 5) is 24.0. The molecule has 0 bridgehead atoms. The second-order valence-electron chi connectivity index (χ2n) is 4.51. The van der Waals surface area contributed by atoms with Crippen LogP contribution in [0.5, 0.6) is 0 Å². The predicted molar refractivity (Wildman–Crippen MR) is 73.1 cm³/mol. The number of halogens is 1. The van der Waals surface area contributed by atoms with Gasteiger partial charge in [0.05, 0.1) is 12.2 Å². The van der Waals surface area contributed by atoms with Gasteiger partial charge in [0.1, 0.15) is 10.5 Å². The van der Waals surface area contributed by atoms with Crippen LogP contribution >= 0.6 is 27.3 Å². The normalized spacial score (nSPS) is 11.2. The van der Waals surface area contributed by atoms with Gasteiger partial charge in [-0.15, -0.1) is 11.3 Å². The Balaban J connectivity index is 3.04. The number of ether oxygens (including phenoxy) is 2. The van der Waals surface area contributed by atoms with Crippen LogP contribution in [0.3, 0.4) is 0 Å². The molecule has 1 heterocycles. The quantitative estimate of drug-likeness (QED) is 0.792. The number of carbonyl (C=O) groups excluding carboxylic acids is 2. The smallest absolute Gasteiger partial charge is 0.349 e. The number of carbonyl (C=O) groups is 2. The van der Waals surface area contributed by atoms with Crippen molar-refractivity contribution in [2.75, 3.05) is 6.61 Å². The molecule has 100 valence electrons. The summed E-state index contributed by atoms with van der Waals surface area (Å²) in [5.41, 5.74) is -0.377. The van der Waals surface area contributed by atoms with Gasteiger partial charge < -0.3 is 9.47 Å². The minimum atomic E-state index is -0.607. The maximum Gasteiger partial charge on any atom is 0.349 e. The molecule has 4 nitrogen and oxygen atoms in total. The number of rotatable bonds is 3. The van der Waals surface area contributed by atoms with Crippen LogP contribution in [-0.2, 0) is 9.47 Å². The topological polar surface area (TPSA) is 52.6 Å². The van der Waals surface area contributed by atoms with E-state index in [9.17, 15) is 9.59 Å². The Morgan fingerprint density at radius 2 is 1.94 bits per heavy atom. The van der Waals surface area contributed by atoms with Crippen molar-refractivity contribution in [2.24, 2.45) is 0 Å². The van der Waals surface area contributed by atoms with Crippen LogP contribution in [0.4, 0.5) is 0 Å². The maximum atomic E-state index is 12.0. The molecule has 0 N–H and O–H groups in total. The largest absolute Gasteiger partial charge is 0.462 e. The molecule has 1 rings (SSSR count). The zero-order valence-electron chi connectivity index (χ0n) is 10.7. The average Bonchev–Trinajstić information content (AvgIpc) is 2.58. The van der Waals surface area contributed by atoms with Gasteiger partial charge in [-0.3, -0.25) is 0 Å². The lowest BCUT2D eigenvalue weighted by Gasteiger charge is -2.19. The van der Waals surface area contributed by atoms with Crippen LogP contribution in [0, 0.1) is 0 Å². The third-order valence-electron chi connectivity index (χ3n) is 1.81. The minimum absolute atomic E-state index is 0.230. The lowest BCUT2D eigenvalue weighted by molar-refractivity contribution is 0.00644. The van der Waals surface area contributed by atoms with Crippen molar-refractivity contribution in [2.45, 2.75) is 33.3 Å². The van der Waals surface area contributed by atoms with Crippen LogP contribution in [0.2, 0.25) is 0 Å². The Hall–Kier alpha value is -0.880. The minimum Gasteiger partial charge on any atom is -0.462 e. The zero-order valence-corrected chi connectivity index (χ0v) is 13.1. The van der Waals surface area contributed by atoms with Gasteiger partial charge in [-0.25, -0.2) is 9.59 Å². The van der Waals surface area contributed by atoms with Crippen molar-refractivity contribution in [3.8, 4) is 0 Å². The molecule has 0 aromatic carbocycles. The van der Waals surface area contributed by atoms with E-state index in [0.29, 0.717) is 4.47 Å². The molecule has 0 atom stereocenters. The van der Waals surface area contributed by atoms with E-state index in [1.807, 2.05) is 0 Å².